The zero-order chi connectivity index (χ0) is 14.0. The largest absolute Gasteiger partial charge is 0.324 e. The second kappa shape index (κ2) is 6.04. The van der Waals surface area contributed by atoms with Crippen molar-refractivity contribution in [3.8, 4) is 0 Å². The van der Waals surface area contributed by atoms with Crippen molar-refractivity contribution in [1.82, 2.24) is 0 Å². The van der Waals surface area contributed by atoms with Gasteiger partial charge in [0.05, 0.1) is 0 Å². The smallest absolute Gasteiger partial charge is 0.123 e. The molecule has 1 atom stereocenters. The highest BCUT2D eigenvalue weighted by atomic mass is 79.9. The highest BCUT2D eigenvalue weighted by molar-refractivity contribution is 9.10. The lowest BCUT2D eigenvalue weighted by Gasteiger charge is -2.14. The molecular weight excluding hydrogens is 329 g/mol. The van der Waals surface area contributed by atoms with E-state index in [1.165, 1.54) is 12.1 Å². The molecule has 0 saturated heterocycles. The van der Waals surface area contributed by atoms with Crippen molar-refractivity contribution in [1.29, 1.82) is 0 Å². The highest BCUT2D eigenvalue weighted by Crippen LogP contribution is 2.26. The lowest BCUT2D eigenvalue weighted by molar-refractivity contribution is 0.617. The van der Waals surface area contributed by atoms with Crippen LogP contribution in [0.5, 0.6) is 0 Å². The van der Waals surface area contributed by atoms with Crippen LogP contribution in [0.25, 0.3) is 0 Å². The summed E-state index contributed by atoms with van der Waals surface area (Å²) in [5.41, 5.74) is 8.75. The van der Waals surface area contributed by atoms with E-state index in [0.29, 0.717) is 11.4 Å². The van der Waals surface area contributed by atoms with Crippen LogP contribution in [0, 0.1) is 12.7 Å². The average molecular weight is 343 g/mol. The van der Waals surface area contributed by atoms with E-state index in [9.17, 15) is 4.39 Å². The lowest BCUT2D eigenvalue weighted by Crippen LogP contribution is -2.14. The van der Waals surface area contributed by atoms with Gasteiger partial charge in [0.25, 0.3) is 0 Å². The topological polar surface area (TPSA) is 26.0 Å². The summed E-state index contributed by atoms with van der Waals surface area (Å²) in [5, 5.41) is 0.665. The van der Waals surface area contributed by atoms with Crippen molar-refractivity contribution in [3.05, 3.63) is 68.4 Å². The molecule has 2 N–H and O–H groups in total. The van der Waals surface area contributed by atoms with Crippen molar-refractivity contribution in [2.45, 2.75) is 19.4 Å². The molecular formula is C15H14BrClFN. The summed E-state index contributed by atoms with van der Waals surface area (Å²) in [5.74, 6) is -0.257. The highest BCUT2D eigenvalue weighted by Gasteiger charge is 2.11. The summed E-state index contributed by atoms with van der Waals surface area (Å²) in [4.78, 5) is 0. The Morgan fingerprint density at radius 3 is 2.63 bits per heavy atom. The first-order chi connectivity index (χ1) is 8.95. The van der Waals surface area contributed by atoms with Gasteiger partial charge in [0.1, 0.15) is 5.82 Å². The summed E-state index contributed by atoms with van der Waals surface area (Å²) in [6.45, 7) is 1.85. The first-order valence-electron chi connectivity index (χ1n) is 5.92. The normalized spacial score (nSPS) is 12.5. The summed E-state index contributed by atoms with van der Waals surface area (Å²) < 4.78 is 14.3. The summed E-state index contributed by atoms with van der Waals surface area (Å²) in [6, 6.07) is 10.3. The van der Waals surface area contributed by atoms with Crippen LogP contribution in [0.3, 0.4) is 0 Å². The van der Waals surface area contributed by atoms with Crippen molar-refractivity contribution >= 4 is 27.5 Å². The van der Waals surface area contributed by atoms with E-state index in [2.05, 4.69) is 15.9 Å². The Labute approximate surface area is 125 Å². The van der Waals surface area contributed by atoms with E-state index in [4.69, 9.17) is 17.3 Å². The summed E-state index contributed by atoms with van der Waals surface area (Å²) >= 11 is 9.53. The molecule has 0 fully saturated rings. The third-order valence-electron chi connectivity index (χ3n) is 2.95. The second-order valence-electron chi connectivity index (χ2n) is 4.61. The van der Waals surface area contributed by atoms with Crippen LogP contribution in [0.1, 0.15) is 22.7 Å². The predicted molar refractivity (Wildman–Crippen MR) is 80.9 cm³/mol. The number of aryl methyl sites for hydroxylation is 1. The van der Waals surface area contributed by atoms with Gasteiger partial charge in [0, 0.05) is 15.5 Å². The van der Waals surface area contributed by atoms with E-state index in [-0.39, 0.29) is 11.9 Å². The molecule has 0 bridgehead atoms. The monoisotopic (exact) mass is 341 g/mol. The predicted octanol–water partition coefficient (Wildman–Crippen LogP) is 4.79. The second-order valence-corrected chi connectivity index (χ2v) is 5.93. The maximum Gasteiger partial charge on any atom is 0.123 e. The first-order valence-corrected chi connectivity index (χ1v) is 7.09. The Hall–Kier alpha value is -0.900. The van der Waals surface area contributed by atoms with Crippen molar-refractivity contribution < 1.29 is 4.39 Å². The maximum atomic E-state index is 13.4. The van der Waals surface area contributed by atoms with Crippen LogP contribution >= 0.6 is 27.5 Å². The van der Waals surface area contributed by atoms with E-state index < -0.39 is 0 Å². The van der Waals surface area contributed by atoms with Gasteiger partial charge in [-0.05, 0) is 54.3 Å². The quantitative estimate of drug-likeness (QED) is 0.852. The summed E-state index contributed by atoms with van der Waals surface area (Å²) in [6.07, 6.45) is 0.578. The van der Waals surface area contributed by atoms with Gasteiger partial charge in [0.2, 0.25) is 0 Å². The van der Waals surface area contributed by atoms with Gasteiger partial charge in [-0.1, -0.05) is 39.7 Å². The van der Waals surface area contributed by atoms with Gasteiger partial charge in [-0.15, -0.1) is 0 Å². The molecule has 0 aliphatic heterocycles. The number of nitrogens with two attached hydrogens (primary N) is 1. The fourth-order valence-electron chi connectivity index (χ4n) is 2.02. The molecule has 0 spiro atoms. The molecule has 2 aromatic carbocycles. The van der Waals surface area contributed by atoms with Gasteiger partial charge in [-0.3, -0.25) is 0 Å². The Morgan fingerprint density at radius 2 is 2.00 bits per heavy atom. The summed E-state index contributed by atoms with van der Waals surface area (Å²) in [7, 11) is 0. The third-order valence-corrected chi connectivity index (χ3v) is 3.79. The molecule has 100 valence electrons. The molecule has 0 saturated carbocycles. The fraction of sp³-hybridized carbons (Fsp3) is 0.200. The zero-order valence-corrected chi connectivity index (χ0v) is 12.8. The standard InChI is InChI=1S/C15H14BrClFN/c1-9-4-11(6-13(18)5-9)15(19)7-10-2-3-12(16)8-14(10)17/h2-6,8,15H,7,19H2,1H3. The van der Waals surface area contributed by atoms with Crippen LogP contribution < -0.4 is 5.73 Å². The first kappa shape index (κ1) is 14.5. The van der Waals surface area contributed by atoms with Crippen LogP contribution in [-0.2, 0) is 6.42 Å². The number of hydrogen-bond acceptors (Lipinski definition) is 1. The van der Waals surface area contributed by atoms with Gasteiger partial charge < -0.3 is 5.73 Å². The Bertz CT molecular complexity index is 580. The molecule has 0 aromatic heterocycles. The molecule has 4 heteroatoms. The zero-order valence-electron chi connectivity index (χ0n) is 10.5. The van der Waals surface area contributed by atoms with Gasteiger partial charge in [-0.2, -0.15) is 0 Å². The van der Waals surface area contributed by atoms with Crippen molar-refractivity contribution in [2.75, 3.05) is 0 Å². The Balaban J connectivity index is 2.22. The van der Waals surface area contributed by atoms with Crippen LogP contribution in [0.4, 0.5) is 4.39 Å². The molecule has 2 aromatic rings. The minimum atomic E-state index is -0.270. The van der Waals surface area contributed by atoms with Crippen LogP contribution in [-0.4, -0.2) is 0 Å². The maximum absolute atomic E-state index is 13.4. The molecule has 1 nitrogen and oxygen atoms in total. The number of benzene rings is 2. The molecule has 0 heterocycles. The van der Waals surface area contributed by atoms with E-state index >= 15 is 0 Å². The molecule has 0 radical (unpaired) electrons. The minimum Gasteiger partial charge on any atom is -0.324 e. The molecule has 1 unspecified atom stereocenters. The van der Waals surface area contributed by atoms with E-state index in [0.717, 1.165) is 21.2 Å². The molecule has 2 rings (SSSR count). The van der Waals surface area contributed by atoms with Crippen LogP contribution in [0.2, 0.25) is 5.02 Å². The van der Waals surface area contributed by atoms with Crippen LogP contribution in [0.15, 0.2) is 40.9 Å². The Kier molecular flexibility index (Phi) is 4.61. The van der Waals surface area contributed by atoms with Gasteiger partial charge in [0.15, 0.2) is 0 Å². The molecule has 0 amide bonds. The van der Waals surface area contributed by atoms with Crippen molar-refractivity contribution in [2.24, 2.45) is 5.73 Å². The number of hydrogen-bond donors (Lipinski definition) is 1. The lowest BCUT2D eigenvalue weighted by atomic mass is 9.98. The van der Waals surface area contributed by atoms with Gasteiger partial charge >= 0.3 is 0 Å². The molecule has 0 aliphatic carbocycles. The fourth-order valence-corrected chi connectivity index (χ4v) is 2.77. The molecule has 19 heavy (non-hydrogen) atoms. The number of halogens is 3. The van der Waals surface area contributed by atoms with Crippen molar-refractivity contribution in [3.63, 3.8) is 0 Å². The minimum absolute atomic E-state index is 0.257. The molecule has 0 aliphatic rings. The third kappa shape index (κ3) is 3.78. The van der Waals surface area contributed by atoms with E-state index in [1.54, 1.807) is 0 Å². The average Bonchev–Trinajstić information content (AvgIpc) is 2.31. The van der Waals surface area contributed by atoms with E-state index in [1.807, 2.05) is 31.2 Å². The SMILES string of the molecule is Cc1cc(F)cc(C(N)Cc2ccc(Br)cc2Cl)c1. The Morgan fingerprint density at radius 1 is 1.26 bits per heavy atom. The number of rotatable bonds is 3. The van der Waals surface area contributed by atoms with Gasteiger partial charge in [-0.25, -0.2) is 4.39 Å².